The predicted molar refractivity (Wildman–Crippen MR) is 153 cm³/mol. The fourth-order valence-electron chi connectivity index (χ4n) is 4.92. The molecule has 6 N–H and O–H groups in total. The lowest BCUT2D eigenvalue weighted by molar-refractivity contribution is -0.144. The Morgan fingerprint density at radius 3 is 2.14 bits per heavy atom. The van der Waals surface area contributed by atoms with Crippen molar-refractivity contribution in [2.24, 2.45) is 0 Å². The van der Waals surface area contributed by atoms with Crippen LogP contribution in [0.15, 0.2) is 61.1 Å². The highest BCUT2D eigenvalue weighted by molar-refractivity contribution is 5.95. The van der Waals surface area contributed by atoms with Gasteiger partial charge in [-0.1, -0.05) is 48.5 Å². The van der Waals surface area contributed by atoms with Crippen molar-refractivity contribution in [3.8, 4) is 11.1 Å². The minimum atomic E-state index is -1.62. The lowest BCUT2D eigenvalue weighted by atomic mass is 9.98. The number of rotatable bonds is 13. The summed E-state index contributed by atoms with van der Waals surface area (Å²) in [5.41, 5.74) is 3.09. The number of aromatic amines is 1. The molecule has 0 fully saturated rings. The Kier molecular flexibility index (Phi) is 9.43. The summed E-state index contributed by atoms with van der Waals surface area (Å²) >= 11 is 0. The highest BCUT2D eigenvalue weighted by Gasteiger charge is 2.36. The second-order valence-electron chi connectivity index (χ2n) is 10.7. The molecule has 2 aromatic carbocycles. The fourth-order valence-corrected chi connectivity index (χ4v) is 4.92. The molecule has 0 radical (unpaired) electrons. The monoisotopic (exact) mass is 591 g/mol. The number of alkyl carbamates (subject to hydrolysis) is 1. The third-order valence-corrected chi connectivity index (χ3v) is 7.18. The van der Waals surface area contributed by atoms with Gasteiger partial charge in [-0.05, 0) is 42.5 Å². The highest BCUT2D eigenvalue weighted by Crippen LogP contribution is 2.44. The topological polar surface area (TPSA) is 200 Å². The molecule has 13 nitrogen and oxygen atoms in total. The Balaban J connectivity index is 1.42. The maximum absolute atomic E-state index is 13.4. The van der Waals surface area contributed by atoms with E-state index < -0.39 is 53.9 Å². The molecule has 0 spiro atoms. The van der Waals surface area contributed by atoms with E-state index in [1.54, 1.807) is 0 Å². The zero-order chi connectivity index (χ0) is 31.1. The quantitative estimate of drug-likeness (QED) is 0.172. The number of aromatic nitrogens is 2. The summed E-state index contributed by atoms with van der Waals surface area (Å²) in [5.74, 6) is -4.40. The molecule has 0 saturated heterocycles. The molecule has 2 atom stereocenters. The second-order valence-corrected chi connectivity index (χ2v) is 10.7. The van der Waals surface area contributed by atoms with Crippen molar-refractivity contribution >= 4 is 29.8 Å². The molecule has 3 aromatic rings. The minimum absolute atomic E-state index is 0.00983. The smallest absolute Gasteiger partial charge is 0.407 e. The molecule has 0 aliphatic heterocycles. The van der Waals surface area contributed by atoms with Crippen LogP contribution in [0.4, 0.5) is 4.79 Å². The first-order valence-corrected chi connectivity index (χ1v) is 13.6. The molecule has 0 bridgehead atoms. The summed E-state index contributed by atoms with van der Waals surface area (Å²) in [7, 11) is 0. The zero-order valence-electron chi connectivity index (χ0n) is 23.6. The second kappa shape index (κ2) is 13.2. The molecule has 0 unspecified atom stereocenters. The van der Waals surface area contributed by atoms with Crippen LogP contribution in [0, 0.1) is 0 Å². The van der Waals surface area contributed by atoms with Crippen molar-refractivity contribution in [1.82, 2.24) is 25.9 Å². The van der Waals surface area contributed by atoms with Crippen molar-refractivity contribution in [3.05, 3.63) is 77.9 Å². The van der Waals surface area contributed by atoms with E-state index in [0.29, 0.717) is 5.69 Å². The van der Waals surface area contributed by atoms with Crippen molar-refractivity contribution in [2.45, 2.75) is 56.7 Å². The number of hydrogen-bond donors (Lipinski definition) is 6. The van der Waals surface area contributed by atoms with Gasteiger partial charge in [0.1, 0.15) is 24.2 Å². The summed E-state index contributed by atoms with van der Waals surface area (Å²) in [4.78, 5) is 68.4. The Hall–Kier alpha value is -5.20. The van der Waals surface area contributed by atoms with E-state index in [2.05, 4.69) is 25.9 Å². The van der Waals surface area contributed by atoms with Gasteiger partial charge in [0.05, 0.1) is 6.33 Å². The van der Waals surface area contributed by atoms with Gasteiger partial charge in [-0.25, -0.2) is 14.6 Å². The third kappa shape index (κ3) is 7.56. The van der Waals surface area contributed by atoms with E-state index in [4.69, 9.17) is 9.84 Å². The molecule has 1 heterocycles. The summed E-state index contributed by atoms with van der Waals surface area (Å²) in [6.07, 6.45) is 1.23. The molecule has 1 aromatic heterocycles. The fraction of sp³-hybridized carbons (Fsp3) is 0.333. The number of carbonyl (C=O) groups excluding carboxylic acids is 3. The van der Waals surface area contributed by atoms with Crippen LogP contribution >= 0.6 is 0 Å². The first-order valence-electron chi connectivity index (χ1n) is 13.6. The summed E-state index contributed by atoms with van der Waals surface area (Å²) in [6.45, 7) is 2.74. The van der Waals surface area contributed by atoms with Crippen LogP contribution in [0.1, 0.15) is 49.4 Å². The Labute approximate surface area is 247 Å². The zero-order valence-corrected chi connectivity index (χ0v) is 23.6. The summed E-state index contributed by atoms with van der Waals surface area (Å²) in [6, 6.07) is 13.1. The Morgan fingerprint density at radius 2 is 1.58 bits per heavy atom. The van der Waals surface area contributed by atoms with Crippen LogP contribution in [-0.2, 0) is 30.3 Å². The number of fused-ring (bicyclic) bond motifs is 3. The molecule has 4 rings (SSSR count). The molecule has 0 saturated carbocycles. The van der Waals surface area contributed by atoms with E-state index in [9.17, 15) is 29.1 Å². The number of hydrogen-bond acceptors (Lipinski definition) is 7. The van der Waals surface area contributed by atoms with Gasteiger partial charge in [-0.2, -0.15) is 0 Å². The lowest BCUT2D eigenvalue weighted by Crippen LogP contribution is -2.61. The first-order chi connectivity index (χ1) is 20.5. The van der Waals surface area contributed by atoms with Crippen molar-refractivity contribution in [2.75, 3.05) is 6.61 Å². The molecule has 1 aliphatic carbocycles. The van der Waals surface area contributed by atoms with E-state index >= 15 is 0 Å². The highest BCUT2D eigenvalue weighted by atomic mass is 16.5. The predicted octanol–water partition coefficient (Wildman–Crippen LogP) is 2.19. The maximum Gasteiger partial charge on any atom is 0.407 e. The van der Waals surface area contributed by atoms with Crippen LogP contribution < -0.4 is 16.0 Å². The number of nitrogens with one attached hydrogen (secondary N) is 4. The Bertz CT molecular complexity index is 1460. The van der Waals surface area contributed by atoms with Crippen LogP contribution in [0.3, 0.4) is 0 Å². The van der Waals surface area contributed by atoms with Gasteiger partial charge in [-0.3, -0.25) is 14.4 Å². The number of nitrogens with zero attached hydrogens (tertiary/aromatic N) is 1. The third-order valence-electron chi connectivity index (χ3n) is 7.18. The van der Waals surface area contributed by atoms with Crippen molar-refractivity contribution in [3.63, 3.8) is 0 Å². The molecular formula is C30H33N5O8. The number of aliphatic carboxylic acids is 2. The minimum Gasteiger partial charge on any atom is -0.481 e. The van der Waals surface area contributed by atoms with Gasteiger partial charge in [0, 0.05) is 30.7 Å². The number of benzene rings is 2. The van der Waals surface area contributed by atoms with E-state index in [1.165, 1.54) is 26.4 Å². The van der Waals surface area contributed by atoms with Crippen LogP contribution in [0.25, 0.3) is 11.1 Å². The molecule has 43 heavy (non-hydrogen) atoms. The SMILES string of the molecule is CC(C)(NC(=O)[C@H](Cc1cnc[nH]1)NC(=O)OCC1c2ccccc2-c2ccccc21)C(=O)N[C@@H](CCC(=O)O)C(=O)O. The van der Waals surface area contributed by atoms with Gasteiger partial charge in [0.25, 0.3) is 0 Å². The molecule has 13 heteroatoms. The number of carboxylic acids is 2. The van der Waals surface area contributed by atoms with Gasteiger partial charge < -0.3 is 35.9 Å². The summed E-state index contributed by atoms with van der Waals surface area (Å²) in [5, 5.41) is 25.6. The first kappa shape index (κ1) is 30.8. The standard InChI is InChI=1S/C30H33N5O8/c1-30(2,28(41)33-23(27(39)40)11-12-25(36)37)35-26(38)24(13-17-14-31-16-32-17)34-29(42)43-15-22-20-9-5-3-7-18(20)19-8-4-6-10-21(19)22/h3-10,14,16,22-24H,11-13,15H2,1-2H3,(H,31,32)(H,33,41)(H,34,42)(H,35,38)(H,36,37)(H,39,40)/t23-,24-/m0/s1. The molecular weight excluding hydrogens is 558 g/mol. The lowest BCUT2D eigenvalue weighted by Gasteiger charge is -2.29. The van der Waals surface area contributed by atoms with Crippen molar-refractivity contribution in [1.29, 1.82) is 0 Å². The Morgan fingerprint density at radius 1 is 0.953 bits per heavy atom. The number of carbonyl (C=O) groups is 5. The molecule has 3 amide bonds. The van der Waals surface area contributed by atoms with E-state index in [-0.39, 0.29) is 25.4 Å². The maximum atomic E-state index is 13.4. The number of ether oxygens (including phenoxy) is 1. The number of H-pyrrole nitrogens is 1. The average Bonchev–Trinajstić information content (AvgIpc) is 3.59. The van der Waals surface area contributed by atoms with Crippen LogP contribution in [0.5, 0.6) is 0 Å². The van der Waals surface area contributed by atoms with Crippen LogP contribution in [-0.4, -0.2) is 74.3 Å². The summed E-state index contributed by atoms with van der Waals surface area (Å²) < 4.78 is 5.59. The van der Waals surface area contributed by atoms with Gasteiger partial charge >= 0.3 is 18.0 Å². The number of amides is 3. The normalized spacial score (nSPS) is 13.6. The van der Waals surface area contributed by atoms with Gasteiger partial charge in [-0.15, -0.1) is 0 Å². The number of imidazole rings is 1. The van der Waals surface area contributed by atoms with E-state index in [0.717, 1.165) is 22.3 Å². The van der Waals surface area contributed by atoms with Gasteiger partial charge in [0.2, 0.25) is 11.8 Å². The largest absolute Gasteiger partial charge is 0.481 e. The average molecular weight is 592 g/mol. The van der Waals surface area contributed by atoms with Gasteiger partial charge in [0.15, 0.2) is 0 Å². The van der Waals surface area contributed by atoms with Crippen molar-refractivity contribution < 1.29 is 38.9 Å². The van der Waals surface area contributed by atoms with E-state index in [1.807, 2.05) is 48.5 Å². The van der Waals surface area contributed by atoms with Crippen LogP contribution in [0.2, 0.25) is 0 Å². The molecule has 1 aliphatic rings. The number of carboxylic acid groups (broad SMARTS) is 2. The molecule has 226 valence electrons.